The number of carboxylic acid groups (broad SMARTS) is 1. The van der Waals surface area contributed by atoms with Gasteiger partial charge in [0.15, 0.2) is 11.6 Å². The largest absolute Gasteiger partial charge is 0.507 e. The lowest BCUT2D eigenvalue weighted by Crippen LogP contribution is -1.99. The van der Waals surface area contributed by atoms with Crippen LogP contribution < -0.4 is 0 Å². The summed E-state index contributed by atoms with van der Waals surface area (Å²) < 4.78 is 15.1. The molecule has 0 aliphatic carbocycles. The van der Waals surface area contributed by atoms with Gasteiger partial charge in [0.1, 0.15) is 17.4 Å². The Balaban J connectivity index is 2.29. The van der Waals surface area contributed by atoms with Gasteiger partial charge < -0.3 is 19.9 Å². The predicted octanol–water partition coefficient (Wildman–Crippen LogP) is 2.75. The number of phenolic OH excluding ortho intramolecular Hbond substituents is 1. The Hall–Kier alpha value is -3.53. The van der Waals surface area contributed by atoms with E-state index in [-0.39, 0.29) is 11.1 Å². The minimum absolute atomic E-state index is 0.206. The number of rotatable bonds is 2. The van der Waals surface area contributed by atoms with Gasteiger partial charge in [0.05, 0.1) is 11.1 Å². The number of halogens is 1. The predicted molar refractivity (Wildman–Crippen MR) is 78.2 cm³/mol. The number of hydrogen-bond acceptors (Lipinski definition) is 4. The number of benzene rings is 2. The van der Waals surface area contributed by atoms with E-state index in [1.807, 2.05) is 6.07 Å². The summed E-state index contributed by atoms with van der Waals surface area (Å²) in [5.41, 5.74) is 0.593. The Kier molecular flexibility index (Phi) is 3.15. The van der Waals surface area contributed by atoms with Crippen molar-refractivity contribution in [2.45, 2.75) is 0 Å². The Labute approximate surface area is 128 Å². The van der Waals surface area contributed by atoms with E-state index in [2.05, 4.69) is 0 Å². The van der Waals surface area contributed by atoms with Gasteiger partial charge in [-0.1, -0.05) is 0 Å². The van der Waals surface area contributed by atoms with Crippen molar-refractivity contribution in [3.8, 4) is 23.3 Å². The number of aromatic nitrogens is 1. The van der Waals surface area contributed by atoms with Gasteiger partial charge >= 0.3 is 5.97 Å². The first kappa shape index (κ1) is 14.4. The Morgan fingerprint density at radius 2 is 1.91 bits per heavy atom. The molecule has 0 saturated heterocycles. The van der Waals surface area contributed by atoms with Crippen LogP contribution >= 0.6 is 0 Å². The average Bonchev–Trinajstić information content (AvgIpc) is 2.85. The molecule has 2 aromatic carbocycles. The molecule has 1 aromatic heterocycles. The molecule has 0 unspecified atom stereocenters. The second-order valence-electron chi connectivity index (χ2n) is 4.85. The summed E-state index contributed by atoms with van der Waals surface area (Å²) in [6, 6.07) is 7.99. The Bertz CT molecular complexity index is 1000. The van der Waals surface area contributed by atoms with Crippen molar-refractivity contribution < 1.29 is 24.5 Å². The van der Waals surface area contributed by atoms with E-state index in [0.717, 1.165) is 12.1 Å². The first-order valence-corrected chi connectivity index (χ1v) is 6.42. The summed E-state index contributed by atoms with van der Waals surface area (Å²) in [6.07, 6.45) is 1.42. The quantitative estimate of drug-likeness (QED) is 0.674. The highest BCUT2D eigenvalue weighted by Gasteiger charge is 2.16. The third kappa shape index (κ3) is 2.22. The number of aromatic hydroxyl groups is 2. The fraction of sp³-hybridized carbons (Fsp3) is 0. The number of nitrogens with zero attached hydrogens (tertiary/aromatic N) is 2. The molecule has 0 radical (unpaired) electrons. The Morgan fingerprint density at radius 3 is 2.52 bits per heavy atom. The summed E-state index contributed by atoms with van der Waals surface area (Å²) in [4.78, 5) is 10.9. The molecule has 0 aliphatic rings. The van der Waals surface area contributed by atoms with Crippen molar-refractivity contribution in [1.82, 2.24) is 4.57 Å². The van der Waals surface area contributed by atoms with Crippen LogP contribution in [0.25, 0.3) is 16.6 Å². The highest BCUT2D eigenvalue weighted by atomic mass is 19.1. The minimum atomic E-state index is -1.28. The van der Waals surface area contributed by atoms with Crippen LogP contribution in [-0.2, 0) is 0 Å². The average molecular weight is 312 g/mol. The molecule has 0 amide bonds. The third-order valence-corrected chi connectivity index (χ3v) is 3.48. The van der Waals surface area contributed by atoms with Crippen LogP contribution in [0.1, 0.15) is 15.9 Å². The second kappa shape index (κ2) is 5.03. The fourth-order valence-electron chi connectivity index (χ4n) is 2.39. The number of phenols is 2. The molecule has 0 aliphatic heterocycles. The molecule has 1 heterocycles. The summed E-state index contributed by atoms with van der Waals surface area (Å²) >= 11 is 0. The van der Waals surface area contributed by atoms with Crippen LogP contribution in [0.5, 0.6) is 11.5 Å². The lowest BCUT2D eigenvalue weighted by atomic mass is 10.1. The van der Waals surface area contributed by atoms with Gasteiger partial charge in [-0.25, -0.2) is 9.18 Å². The summed E-state index contributed by atoms with van der Waals surface area (Å²) in [5.74, 6) is -3.15. The van der Waals surface area contributed by atoms with Gasteiger partial charge in [-0.2, -0.15) is 5.26 Å². The van der Waals surface area contributed by atoms with E-state index in [9.17, 15) is 19.4 Å². The molecule has 6 nitrogen and oxygen atoms in total. The maximum atomic E-state index is 13.6. The third-order valence-electron chi connectivity index (χ3n) is 3.48. The maximum Gasteiger partial charge on any atom is 0.339 e. The van der Waals surface area contributed by atoms with Gasteiger partial charge in [0.25, 0.3) is 0 Å². The molecule has 3 N–H and O–H groups in total. The first-order valence-electron chi connectivity index (χ1n) is 6.42. The van der Waals surface area contributed by atoms with E-state index in [1.54, 1.807) is 0 Å². The second-order valence-corrected chi connectivity index (χ2v) is 4.85. The minimum Gasteiger partial charge on any atom is -0.507 e. The van der Waals surface area contributed by atoms with Gasteiger partial charge in [0.2, 0.25) is 0 Å². The van der Waals surface area contributed by atoms with E-state index < -0.39 is 23.3 Å². The normalized spacial score (nSPS) is 10.6. The van der Waals surface area contributed by atoms with Crippen molar-refractivity contribution in [1.29, 1.82) is 5.26 Å². The molecule has 3 aromatic rings. The van der Waals surface area contributed by atoms with Crippen LogP contribution in [0.15, 0.2) is 36.5 Å². The summed E-state index contributed by atoms with van der Waals surface area (Å²) in [5, 5.41) is 37.7. The maximum absolute atomic E-state index is 13.6. The molecule has 0 spiro atoms. The molecule has 0 bridgehead atoms. The van der Waals surface area contributed by atoms with Gasteiger partial charge in [0, 0.05) is 29.4 Å². The molecular formula is C16H9FN2O4. The number of hydrogen-bond donors (Lipinski definition) is 3. The lowest BCUT2D eigenvalue weighted by molar-refractivity contribution is 0.0693. The molecule has 3 rings (SSSR count). The smallest absolute Gasteiger partial charge is 0.339 e. The van der Waals surface area contributed by atoms with Crippen molar-refractivity contribution in [3.05, 3.63) is 53.5 Å². The number of carbonyl (C=O) groups is 1. The van der Waals surface area contributed by atoms with Crippen LogP contribution in [0.4, 0.5) is 4.39 Å². The number of carboxylic acids is 1. The van der Waals surface area contributed by atoms with Crippen molar-refractivity contribution in [2.24, 2.45) is 0 Å². The molecule has 114 valence electrons. The van der Waals surface area contributed by atoms with Crippen LogP contribution in [-0.4, -0.2) is 25.9 Å². The van der Waals surface area contributed by atoms with Crippen LogP contribution in [0.3, 0.4) is 0 Å². The zero-order valence-corrected chi connectivity index (χ0v) is 11.5. The van der Waals surface area contributed by atoms with E-state index in [0.29, 0.717) is 16.6 Å². The van der Waals surface area contributed by atoms with Crippen LogP contribution in [0, 0.1) is 17.1 Å². The van der Waals surface area contributed by atoms with Gasteiger partial charge in [-0.05, 0) is 18.2 Å². The van der Waals surface area contributed by atoms with Gasteiger partial charge in [-0.3, -0.25) is 0 Å². The number of nitriles is 1. The molecule has 0 saturated carbocycles. The van der Waals surface area contributed by atoms with E-state index in [4.69, 9.17) is 10.4 Å². The first-order chi connectivity index (χ1) is 10.9. The molecule has 0 fully saturated rings. The van der Waals surface area contributed by atoms with Crippen molar-refractivity contribution in [3.63, 3.8) is 0 Å². The molecule has 0 atom stereocenters. The van der Waals surface area contributed by atoms with E-state index >= 15 is 0 Å². The fourth-order valence-corrected chi connectivity index (χ4v) is 2.39. The van der Waals surface area contributed by atoms with Crippen LogP contribution in [0.2, 0.25) is 0 Å². The van der Waals surface area contributed by atoms with Crippen molar-refractivity contribution >= 4 is 16.9 Å². The van der Waals surface area contributed by atoms with Crippen molar-refractivity contribution in [2.75, 3.05) is 0 Å². The zero-order valence-electron chi connectivity index (χ0n) is 11.5. The summed E-state index contributed by atoms with van der Waals surface area (Å²) in [6.45, 7) is 0. The molecular weight excluding hydrogens is 303 g/mol. The topological polar surface area (TPSA) is 106 Å². The number of fused-ring (bicyclic) bond motifs is 1. The molecule has 23 heavy (non-hydrogen) atoms. The van der Waals surface area contributed by atoms with E-state index in [1.165, 1.54) is 29.0 Å². The highest BCUT2D eigenvalue weighted by Crippen LogP contribution is 2.31. The Morgan fingerprint density at radius 1 is 1.17 bits per heavy atom. The number of aromatic carboxylic acids is 1. The molecule has 7 heteroatoms. The zero-order chi connectivity index (χ0) is 16.7. The SMILES string of the molecule is N#Cc1cn(-c2ccc(C(=O)O)c(O)c2)c2cc(F)c(O)cc12. The summed E-state index contributed by atoms with van der Waals surface area (Å²) in [7, 11) is 0. The monoisotopic (exact) mass is 312 g/mol. The standard InChI is InChI=1S/C16H9FN2O4/c17-12-5-13-11(4-15(12)21)8(6-18)7-19(13)9-1-2-10(16(22)23)14(20)3-9/h1-5,7,20-21H,(H,22,23). The lowest BCUT2D eigenvalue weighted by Gasteiger charge is -2.08. The highest BCUT2D eigenvalue weighted by molar-refractivity contribution is 5.92. The van der Waals surface area contributed by atoms with Gasteiger partial charge in [-0.15, -0.1) is 0 Å².